The molecule has 2 aliphatic heterocycles. The molecule has 44 heavy (non-hydrogen) atoms. The zero-order valence-corrected chi connectivity index (χ0v) is 25.5. The van der Waals surface area contributed by atoms with E-state index in [1.165, 1.54) is 86.7 Å². The third kappa shape index (κ3) is 3.00. The number of nitrogens with zero attached hydrogens (tertiary/aromatic N) is 1. The van der Waals surface area contributed by atoms with E-state index in [1.807, 2.05) is 11.3 Å². The summed E-state index contributed by atoms with van der Waals surface area (Å²) in [4.78, 5) is 1.35. The molecule has 206 valence electrons. The fourth-order valence-electron chi connectivity index (χ4n) is 8.53. The Morgan fingerprint density at radius 1 is 0.614 bits per heavy atom. The van der Waals surface area contributed by atoms with Crippen molar-refractivity contribution in [3.63, 3.8) is 0 Å². The first-order chi connectivity index (χ1) is 21.6. The largest absolute Gasteiger partial charge is 0.310 e. The molecule has 2 aromatic heterocycles. The van der Waals surface area contributed by atoms with Crippen LogP contribution >= 0.6 is 11.3 Å². The zero-order valence-electron chi connectivity index (χ0n) is 24.6. The lowest BCUT2D eigenvalue weighted by Gasteiger charge is -2.42. The Hall–Kier alpha value is -4.86. The van der Waals surface area contributed by atoms with E-state index < -0.39 is 0 Å². The van der Waals surface area contributed by atoms with Crippen molar-refractivity contribution in [2.45, 2.75) is 19.3 Å². The van der Waals surface area contributed by atoms with E-state index in [-0.39, 0.29) is 12.1 Å². The molecule has 0 bridgehead atoms. The summed E-state index contributed by atoms with van der Waals surface area (Å²) in [5, 5.41) is 4.08. The van der Waals surface area contributed by atoms with E-state index >= 15 is 0 Å². The highest BCUT2D eigenvalue weighted by Gasteiger charge is 2.46. The number of thiophene rings is 1. The van der Waals surface area contributed by atoms with Crippen molar-refractivity contribution < 1.29 is 0 Å². The van der Waals surface area contributed by atoms with Gasteiger partial charge in [0.2, 0.25) is 6.71 Å². The Kier molecular flexibility index (Phi) is 4.81. The van der Waals surface area contributed by atoms with Crippen molar-refractivity contribution in [1.29, 1.82) is 0 Å². The topological polar surface area (TPSA) is 4.93 Å². The van der Waals surface area contributed by atoms with Crippen molar-refractivity contribution in [2.24, 2.45) is 0 Å². The van der Waals surface area contributed by atoms with Crippen LogP contribution < -0.4 is 16.4 Å². The van der Waals surface area contributed by atoms with Gasteiger partial charge in [-0.25, -0.2) is 0 Å². The van der Waals surface area contributed by atoms with Crippen LogP contribution in [-0.4, -0.2) is 11.3 Å². The molecule has 2 aliphatic rings. The molecule has 0 fully saturated rings. The van der Waals surface area contributed by atoms with Gasteiger partial charge in [0, 0.05) is 47.9 Å². The van der Waals surface area contributed by atoms with Crippen LogP contribution in [0.15, 0.2) is 133 Å². The van der Waals surface area contributed by atoms with Gasteiger partial charge < -0.3 is 4.57 Å². The maximum absolute atomic E-state index is 2.54. The highest BCUT2D eigenvalue weighted by molar-refractivity contribution is 7.23. The molecule has 10 rings (SSSR count). The van der Waals surface area contributed by atoms with Gasteiger partial charge in [0.1, 0.15) is 0 Å². The smallest absolute Gasteiger partial charge is 0.247 e. The van der Waals surface area contributed by atoms with Crippen molar-refractivity contribution in [3.8, 4) is 27.3 Å². The molecule has 6 aromatic carbocycles. The van der Waals surface area contributed by atoms with Gasteiger partial charge in [-0.05, 0) is 51.4 Å². The molecule has 1 nitrogen and oxygen atoms in total. The average molecular weight is 578 g/mol. The van der Waals surface area contributed by atoms with Crippen LogP contribution in [0.5, 0.6) is 0 Å². The van der Waals surface area contributed by atoms with Gasteiger partial charge in [0.25, 0.3) is 0 Å². The molecule has 0 saturated heterocycles. The van der Waals surface area contributed by atoms with E-state index in [0.29, 0.717) is 0 Å². The summed E-state index contributed by atoms with van der Waals surface area (Å²) in [6.07, 6.45) is 0. The predicted octanol–water partition coefficient (Wildman–Crippen LogP) is 8.80. The summed E-state index contributed by atoms with van der Waals surface area (Å²) < 4.78 is 3.90. The fraction of sp³-hybridized carbons (Fsp3) is 0.0732. The third-order valence-electron chi connectivity index (χ3n) is 10.2. The van der Waals surface area contributed by atoms with E-state index in [9.17, 15) is 0 Å². The Bertz CT molecular complexity index is 2460. The Balaban J connectivity index is 1.38. The van der Waals surface area contributed by atoms with Crippen LogP contribution in [0.2, 0.25) is 0 Å². The summed E-state index contributed by atoms with van der Waals surface area (Å²) in [6, 6.07) is 49.8. The number of fused-ring (bicyclic) bond motifs is 9. The summed E-state index contributed by atoms with van der Waals surface area (Å²) in [5.74, 6) is 0. The van der Waals surface area contributed by atoms with Crippen LogP contribution in [-0.2, 0) is 5.41 Å². The van der Waals surface area contributed by atoms with Crippen LogP contribution in [0, 0.1) is 0 Å². The SMILES string of the molecule is CC1(C)c2cccc3c2B(c2ccc4sc(-c5ccccc5)c(-c5ccccc5)c4c21)c1cccc2c4ccccc4n-3c12. The highest BCUT2D eigenvalue weighted by Crippen LogP contribution is 2.50. The van der Waals surface area contributed by atoms with E-state index in [0.717, 1.165) is 0 Å². The van der Waals surface area contributed by atoms with Crippen LogP contribution in [0.1, 0.15) is 25.0 Å². The van der Waals surface area contributed by atoms with Gasteiger partial charge in [0.15, 0.2) is 0 Å². The van der Waals surface area contributed by atoms with Crippen molar-refractivity contribution >= 4 is 66.3 Å². The third-order valence-corrected chi connectivity index (χ3v) is 11.4. The molecule has 0 spiro atoms. The van der Waals surface area contributed by atoms with Gasteiger partial charge in [-0.15, -0.1) is 11.3 Å². The van der Waals surface area contributed by atoms with Gasteiger partial charge in [0.05, 0.1) is 5.52 Å². The average Bonchev–Trinajstić information content (AvgIpc) is 3.62. The molecule has 0 saturated carbocycles. The molecule has 0 atom stereocenters. The normalized spacial score (nSPS) is 14.3. The number of hydrogen-bond acceptors (Lipinski definition) is 1. The maximum Gasteiger partial charge on any atom is 0.247 e. The first-order valence-corrected chi connectivity index (χ1v) is 16.3. The molecule has 0 aliphatic carbocycles. The van der Waals surface area contributed by atoms with Gasteiger partial charge >= 0.3 is 0 Å². The highest BCUT2D eigenvalue weighted by atomic mass is 32.1. The molecule has 4 heterocycles. The molecule has 3 heteroatoms. The first-order valence-electron chi connectivity index (χ1n) is 15.5. The van der Waals surface area contributed by atoms with Crippen molar-refractivity contribution in [1.82, 2.24) is 4.57 Å². The second-order valence-corrected chi connectivity index (χ2v) is 13.9. The summed E-state index contributed by atoms with van der Waals surface area (Å²) in [6.45, 7) is 5.09. The Morgan fingerprint density at radius 2 is 1.32 bits per heavy atom. The summed E-state index contributed by atoms with van der Waals surface area (Å²) in [5.41, 5.74) is 14.9. The fourth-order valence-corrected chi connectivity index (χ4v) is 9.77. The minimum Gasteiger partial charge on any atom is -0.310 e. The Morgan fingerprint density at radius 3 is 2.14 bits per heavy atom. The summed E-state index contributed by atoms with van der Waals surface area (Å²) in [7, 11) is 0. The summed E-state index contributed by atoms with van der Waals surface area (Å²) >= 11 is 1.93. The monoisotopic (exact) mass is 577 g/mol. The second kappa shape index (κ2) is 8.62. The predicted molar refractivity (Wildman–Crippen MR) is 190 cm³/mol. The number of benzene rings is 6. The van der Waals surface area contributed by atoms with Crippen LogP contribution in [0.4, 0.5) is 0 Å². The minimum absolute atomic E-state index is 0.179. The maximum atomic E-state index is 2.54. The quantitative estimate of drug-likeness (QED) is 0.181. The Labute approximate surface area is 261 Å². The molecular formula is C41H28BNS. The molecule has 0 amide bonds. The number of hydrogen-bond donors (Lipinski definition) is 0. The first kappa shape index (κ1) is 24.6. The lowest BCUT2D eigenvalue weighted by Crippen LogP contribution is -2.63. The van der Waals surface area contributed by atoms with Crippen molar-refractivity contribution in [2.75, 3.05) is 0 Å². The van der Waals surface area contributed by atoms with Gasteiger partial charge in [-0.3, -0.25) is 0 Å². The lowest BCUT2D eigenvalue weighted by molar-refractivity contribution is 0.652. The minimum atomic E-state index is -0.191. The zero-order chi connectivity index (χ0) is 29.2. The molecule has 0 unspecified atom stereocenters. The molecular weight excluding hydrogens is 549 g/mol. The molecule has 0 N–H and O–H groups in total. The standard InChI is InChI=1S/C41H28BNS/c1-41(2)29-19-12-22-33-38(29)42(31-20-11-18-28-27-17-9-10-21-32(27)43(33)39(28)31)30-23-24-34-36(37(30)41)35(25-13-5-3-6-14-25)40(44-34)26-15-7-4-8-16-26/h3-24H,1-2H3. The van der Waals surface area contributed by atoms with Crippen LogP contribution in [0.3, 0.4) is 0 Å². The van der Waals surface area contributed by atoms with Crippen LogP contribution in [0.25, 0.3) is 59.1 Å². The van der Waals surface area contributed by atoms with E-state index in [4.69, 9.17) is 0 Å². The van der Waals surface area contributed by atoms with E-state index in [1.54, 1.807) is 0 Å². The van der Waals surface area contributed by atoms with E-state index in [2.05, 4.69) is 152 Å². The van der Waals surface area contributed by atoms with Crippen molar-refractivity contribution in [3.05, 3.63) is 145 Å². The second-order valence-electron chi connectivity index (χ2n) is 12.8. The van der Waals surface area contributed by atoms with Gasteiger partial charge in [-0.1, -0.05) is 135 Å². The number of aromatic nitrogens is 1. The number of rotatable bonds is 2. The molecule has 0 radical (unpaired) electrons. The lowest BCUT2D eigenvalue weighted by atomic mass is 9.30. The van der Waals surface area contributed by atoms with Gasteiger partial charge in [-0.2, -0.15) is 0 Å². The molecule has 8 aromatic rings. The number of para-hydroxylation sites is 2.